The third-order valence-corrected chi connectivity index (χ3v) is 4.99. The summed E-state index contributed by atoms with van der Waals surface area (Å²) in [6, 6.07) is 14.3. The summed E-state index contributed by atoms with van der Waals surface area (Å²) in [6.45, 7) is 6.34. The van der Waals surface area contributed by atoms with Gasteiger partial charge in [-0.3, -0.25) is 0 Å². The fourth-order valence-electron chi connectivity index (χ4n) is 3.53. The zero-order chi connectivity index (χ0) is 17.7. The van der Waals surface area contributed by atoms with E-state index >= 15 is 0 Å². The molecule has 122 valence electrons. The fourth-order valence-corrected chi connectivity index (χ4v) is 3.53. The van der Waals surface area contributed by atoms with Crippen molar-refractivity contribution in [1.29, 1.82) is 5.26 Å². The quantitative estimate of drug-likeness (QED) is 0.468. The number of benzene rings is 2. The van der Waals surface area contributed by atoms with E-state index in [0.717, 1.165) is 38.8 Å². The summed E-state index contributed by atoms with van der Waals surface area (Å²) in [5, 5.41) is 11.4. The molecule has 2 heterocycles. The van der Waals surface area contributed by atoms with Crippen LogP contribution >= 0.6 is 0 Å². The highest BCUT2D eigenvalue weighted by Gasteiger charge is 2.22. The van der Waals surface area contributed by atoms with Gasteiger partial charge in [-0.2, -0.15) is 5.26 Å². The summed E-state index contributed by atoms with van der Waals surface area (Å²) in [4.78, 5) is 0. The zero-order valence-corrected chi connectivity index (χ0v) is 14.8. The lowest BCUT2D eigenvalue weighted by Crippen LogP contribution is -2.31. The molecule has 0 bridgehead atoms. The van der Waals surface area contributed by atoms with E-state index in [1.54, 1.807) is 0 Å². The van der Waals surface area contributed by atoms with Crippen LogP contribution in [0.2, 0.25) is 0 Å². The minimum atomic E-state index is 0.649. The molecular weight excluding hydrogens is 308 g/mol. The summed E-state index contributed by atoms with van der Waals surface area (Å²) >= 11 is 0. The molecule has 0 aliphatic rings. The molecule has 3 nitrogen and oxygen atoms in total. The van der Waals surface area contributed by atoms with Gasteiger partial charge in [-0.15, -0.1) is 0 Å². The molecule has 0 spiro atoms. The van der Waals surface area contributed by atoms with Crippen molar-refractivity contribution in [2.24, 2.45) is 7.05 Å². The molecule has 0 saturated carbocycles. The summed E-state index contributed by atoms with van der Waals surface area (Å²) in [6.07, 6.45) is 2.15. The molecule has 0 saturated heterocycles. The third-order valence-electron chi connectivity index (χ3n) is 4.99. The molecule has 0 radical (unpaired) electrons. The van der Waals surface area contributed by atoms with Crippen molar-refractivity contribution in [3.05, 3.63) is 64.8 Å². The Morgan fingerprint density at radius 1 is 1.00 bits per heavy atom. The van der Waals surface area contributed by atoms with Gasteiger partial charge in [-0.25, -0.2) is 4.57 Å². The van der Waals surface area contributed by atoms with Gasteiger partial charge in [0, 0.05) is 22.4 Å². The van der Waals surface area contributed by atoms with Crippen molar-refractivity contribution in [2.75, 3.05) is 0 Å². The molecular formula is C22H19N2O+. The van der Waals surface area contributed by atoms with E-state index in [1.165, 1.54) is 11.1 Å². The number of pyridine rings is 1. The van der Waals surface area contributed by atoms with E-state index in [2.05, 4.69) is 62.9 Å². The van der Waals surface area contributed by atoms with Crippen LogP contribution in [0.15, 0.2) is 47.0 Å². The fraction of sp³-hybridized carbons (Fsp3) is 0.182. The number of rotatable bonds is 1. The van der Waals surface area contributed by atoms with Gasteiger partial charge < -0.3 is 4.42 Å². The van der Waals surface area contributed by atoms with Gasteiger partial charge in [-0.1, -0.05) is 18.2 Å². The molecule has 0 unspecified atom stereocenters. The normalized spacial score (nSPS) is 11.2. The number of nitrogens with zero attached hydrogens (tertiary/aromatic N) is 2. The molecule has 0 N–H and O–H groups in total. The van der Waals surface area contributed by atoms with E-state index < -0.39 is 0 Å². The van der Waals surface area contributed by atoms with Crippen LogP contribution in [0.5, 0.6) is 0 Å². The molecule has 25 heavy (non-hydrogen) atoms. The Morgan fingerprint density at radius 3 is 2.56 bits per heavy atom. The molecule has 2 aromatic carbocycles. The molecule has 3 heteroatoms. The van der Waals surface area contributed by atoms with Gasteiger partial charge in [0.05, 0.1) is 17.2 Å². The number of hydrogen-bond acceptors (Lipinski definition) is 2. The van der Waals surface area contributed by atoms with E-state index in [0.29, 0.717) is 5.56 Å². The van der Waals surface area contributed by atoms with Crippen molar-refractivity contribution in [3.63, 3.8) is 0 Å². The van der Waals surface area contributed by atoms with Crippen LogP contribution in [-0.4, -0.2) is 0 Å². The van der Waals surface area contributed by atoms with E-state index in [4.69, 9.17) is 4.42 Å². The molecule has 0 fully saturated rings. The van der Waals surface area contributed by atoms with Crippen LogP contribution in [0.25, 0.3) is 33.2 Å². The average molecular weight is 327 g/mol. The Hall–Kier alpha value is -3.12. The first kappa shape index (κ1) is 15.4. The number of aromatic nitrogens is 1. The third kappa shape index (κ3) is 2.22. The molecule has 2 aromatic heterocycles. The second kappa shape index (κ2) is 5.46. The summed E-state index contributed by atoms with van der Waals surface area (Å²) in [5.41, 5.74) is 8.11. The Morgan fingerprint density at radius 2 is 1.80 bits per heavy atom. The first-order valence-electron chi connectivity index (χ1n) is 8.33. The van der Waals surface area contributed by atoms with E-state index in [-0.39, 0.29) is 0 Å². The van der Waals surface area contributed by atoms with Gasteiger partial charge in [0.15, 0.2) is 6.20 Å². The summed E-state index contributed by atoms with van der Waals surface area (Å²) in [7, 11) is 2.06. The number of nitriles is 1. The Kier molecular flexibility index (Phi) is 3.36. The second-order valence-electron chi connectivity index (χ2n) is 6.66. The van der Waals surface area contributed by atoms with E-state index in [1.807, 2.05) is 18.2 Å². The SMILES string of the molecule is Cc1cc(-c2c(C)ccc3c2oc2cccc(C#N)c23)[n+](C)cc1C. The van der Waals surface area contributed by atoms with Crippen LogP contribution < -0.4 is 4.57 Å². The average Bonchev–Trinajstić information content (AvgIpc) is 2.97. The van der Waals surface area contributed by atoms with Crippen LogP contribution in [-0.2, 0) is 7.05 Å². The first-order valence-corrected chi connectivity index (χ1v) is 8.33. The van der Waals surface area contributed by atoms with Crippen LogP contribution in [0.3, 0.4) is 0 Å². The van der Waals surface area contributed by atoms with Crippen LogP contribution in [0, 0.1) is 32.1 Å². The predicted octanol–water partition coefficient (Wildman–Crippen LogP) is 4.87. The number of hydrogen-bond donors (Lipinski definition) is 0. The monoisotopic (exact) mass is 327 g/mol. The van der Waals surface area contributed by atoms with Gasteiger partial charge in [0.2, 0.25) is 5.69 Å². The summed E-state index contributed by atoms with van der Waals surface area (Å²) < 4.78 is 8.36. The highest BCUT2D eigenvalue weighted by Crippen LogP contribution is 2.38. The lowest BCUT2D eigenvalue weighted by Gasteiger charge is -2.07. The molecule has 0 atom stereocenters. The molecule has 4 aromatic rings. The minimum absolute atomic E-state index is 0.649. The van der Waals surface area contributed by atoms with Crippen molar-refractivity contribution in [2.45, 2.75) is 20.8 Å². The number of aryl methyl sites for hydroxylation is 4. The van der Waals surface area contributed by atoms with Gasteiger partial charge in [0.1, 0.15) is 18.2 Å². The Bertz CT molecular complexity index is 1190. The van der Waals surface area contributed by atoms with E-state index in [9.17, 15) is 5.26 Å². The topological polar surface area (TPSA) is 40.8 Å². The highest BCUT2D eigenvalue weighted by atomic mass is 16.3. The molecule has 0 aliphatic heterocycles. The lowest BCUT2D eigenvalue weighted by atomic mass is 9.98. The highest BCUT2D eigenvalue weighted by molar-refractivity contribution is 6.11. The Labute approximate surface area is 146 Å². The van der Waals surface area contributed by atoms with Crippen LogP contribution in [0.4, 0.5) is 0 Å². The lowest BCUT2D eigenvalue weighted by molar-refractivity contribution is -0.660. The standard InChI is InChI=1S/C22H19N2O/c1-13-8-9-17-21-16(11-23)6-5-7-19(21)25-22(17)20(13)18-10-14(2)15(3)12-24(18)4/h5-10,12H,1-4H3/q+1. The molecule has 0 amide bonds. The minimum Gasteiger partial charge on any atom is -0.455 e. The van der Waals surface area contributed by atoms with Gasteiger partial charge in [-0.05, 0) is 44.0 Å². The maximum Gasteiger partial charge on any atom is 0.216 e. The van der Waals surface area contributed by atoms with Crippen molar-refractivity contribution >= 4 is 21.9 Å². The van der Waals surface area contributed by atoms with Crippen molar-refractivity contribution < 1.29 is 8.98 Å². The van der Waals surface area contributed by atoms with Gasteiger partial charge >= 0.3 is 0 Å². The van der Waals surface area contributed by atoms with Crippen molar-refractivity contribution in [3.8, 4) is 17.3 Å². The smallest absolute Gasteiger partial charge is 0.216 e. The predicted molar refractivity (Wildman–Crippen MR) is 99.3 cm³/mol. The zero-order valence-electron chi connectivity index (χ0n) is 14.8. The maximum atomic E-state index is 9.47. The van der Waals surface area contributed by atoms with Gasteiger partial charge in [0.25, 0.3) is 0 Å². The molecule has 4 rings (SSSR count). The Balaban J connectivity index is 2.17. The number of fused-ring (bicyclic) bond motifs is 3. The molecule has 0 aliphatic carbocycles. The van der Waals surface area contributed by atoms with Crippen molar-refractivity contribution in [1.82, 2.24) is 0 Å². The summed E-state index contributed by atoms with van der Waals surface area (Å²) in [5.74, 6) is 0. The number of furan rings is 1. The second-order valence-corrected chi connectivity index (χ2v) is 6.66. The van der Waals surface area contributed by atoms with Crippen LogP contribution in [0.1, 0.15) is 22.3 Å². The largest absolute Gasteiger partial charge is 0.455 e. The first-order chi connectivity index (χ1) is 12.0. The maximum absolute atomic E-state index is 9.47.